The molecule has 2 aromatic carbocycles. The lowest BCUT2D eigenvalue weighted by Gasteiger charge is -2.08. The van der Waals surface area contributed by atoms with Crippen LogP contribution < -0.4 is 5.32 Å². The van der Waals surface area contributed by atoms with E-state index >= 15 is 0 Å². The molecule has 1 heterocycles. The maximum atomic E-state index is 12.8. The van der Waals surface area contributed by atoms with E-state index in [-0.39, 0.29) is 20.7 Å². The molecule has 0 bridgehead atoms. The summed E-state index contributed by atoms with van der Waals surface area (Å²) in [7, 11) is -2.62. The molecule has 5 nitrogen and oxygen atoms in total. The molecule has 2 N–H and O–H groups in total. The number of sulfone groups is 1. The van der Waals surface area contributed by atoms with Gasteiger partial charge in [0.1, 0.15) is 0 Å². The summed E-state index contributed by atoms with van der Waals surface area (Å²) in [5.74, 6) is -0.393. The standard InChI is InChI=1S/C17H13F3N2O3S/c1-21-16(23)13-4-2-3-12-14(9-22-15(12)13)26(24,25)11-7-5-10(6-8-11)17(18,19)20/h2-9,22H,1H3,(H,21,23). The number of alkyl halides is 3. The molecule has 0 fully saturated rings. The molecule has 26 heavy (non-hydrogen) atoms. The fourth-order valence-electron chi connectivity index (χ4n) is 2.62. The van der Waals surface area contributed by atoms with E-state index in [1.807, 2.05) is 0 Å². The van der Waals surface area contributed by atoms with Crippen LogP contribution in [-0.4, -0.2) is 26.4 Å². The zero-order chi connectivity index (χ0) is 19.1. The number of amides is 1. The molecule has 3 aromatic rings. The first kappa shape index (κ1) is 18.0. The minimum atomic E-state index is -4.55. The predicted molar refractivity (Wildman–Crippen MR) is 88.6 cm³/mol. The largest absolute Gasteiger partial charge is 0.416 e. The molecule has 1 aromatic heterocycles. The second-order valence-electron chi connectivity index (χ2n) is 5.49. The Hall–Kier alpha value is -2.81. The first-order valence-electron chi connectivity index (χ1n) is 7.41. The average Bonchev–Trinajstić information content (AvgIpc) is 3.05. The normalized spacial score (nSPS) is 12.3. The molecule has 136 valence electrons. The SMILES string of the molecule is CNC(=O)c1cccc2c(S(=O)(=O)c3ccc(C(F)(F)F)cc3)c[nH]c12. The van der Waals surface area contributed by atoms with Gasteiger partial charge in [0, 0.05) is 18.6 Å². The van der Waals surface area contributed by atoms with E-state index in [0.29, 0.717) is 5.52 Å². The topological polar surface area (TPSA) is 79.0 Å². The van der Waals surface area contributed by atoms with E-state index < -0.39 is 27.5 Å². The lowest BCUT2D eigenvalue weighted by molar-refractivity contribution is -0.137. The summed E-state index contributed by atoms with van der Waals surface area (Å²) in [6.45, 7) is 0. The van der Waals surface area contributed by atoms with Crippen LogP contribution in [0, 0.1) is 0 Å². The fraction of sp³-hybridized carbons (Fsp3) is 0.118. The number of aromatic nitrogens is 1. The molecule has 0 atom stereocenters. The number of benzene rings is 2. The van der Waals surface area contributed by atoms with Gasteiger partial charge in [0.05, 0.1) is 26.4 Å². The van der Waals surface area contributed by atoms with Crippen molar-refractivity contribution in [2.75, 3.05) is 7.05 Å². The van der Waals surface area contributed by atoms with E-state index in [4.69, 9.17) is 0 Å². The highest BCUT2D eigenvalue weighted by Crippen LogP contribution is 2.33. The molecule has 0 saturated heterocycles. The van der Waals surface area contributed by atoms with Crippen molar-refractivity contribution in [1.82, 2.24) is 10.3 Å². The molecule has 0 aliphatic heterocycles. The number of nitrogens with one attached hydrogen (secondary N) is 2. The maximum Gasteiger partial charge on any atom is 0.416 e. The van der Waals surface area contributed by atoms with E-state index in [0.717, 1.165) is 24.3 Å². The van der Waals surface area contributed by atoms with Crippen LogP contribution in [-0.2, 0) is 16.0 Å². The number of fused-ring (bicyclic) bond motifs is 1. The highest BCUT2D eigenvalue weighted by Gasteiger charge is 2.31. The quantitative estimate of drug-likeness (QED) is 0.729. The smallest absolute Gasteiger partial charge is 0.359 e. The van der Waals surface area contributed by atoms with Crippen molar-refractivity contribution in [3.8, 4) is 0 Å². The minimum absolute atomic E-state index is 0.113. The van der Waals surface area contributed by atoms with Gasteiger partial charge in [-0.2, -0.15) is 13.2 Å². The monoisotopic (exact) mass is 382 g/mol. The van der Waals surface area contributed by atoms with Gasteiger partial charge in [-0.15, -0.1) is 0 Å². The van der Waals surface area contributed by atoms with E-state index in [2.05, 4.69) is 10.3 Å². The molecular weight excluding hydrogens is 369 g/mol. The number of carbonyl (C=O) groups is 1. The number of hydrogen-bond donors (Lipinski definition) is 2. The Labute approximate surface area is 146 Å². The van der Waals surface area contributed by atoms with Crippen LogP contribution in [0.5, 0.6) is 0 Å². The van der Waals surface area contributed by atoms with Gasteiger partial charge < -0.3 is 10.3 Å². The lowest BCUT2D eigenvalue weighted by Crippen LogP contribution is -2.18. The molecule has 3 rings (SSSR count). The Morgan fingerprint density at radius 2 is 1.73 bits per heavy atom. The summed E-state index contributed by atoms with van der Waals surface area (Å²) in [4.78, 5) is 14.3. The van der Waals surface area contributed by atoms with Crippen molar-refractivity contribution < 1.29 is 26.4 Å². The van der Waals surface area contributed by atoms with Crippen molar-refractivity contribution in [3.05, 3.63) is 59.8 Å². The summed E-state index contributed by atoms with van der Waals surface area (Å²) in [5.41, 5.74) is -0.339. The molecule has 9 heteroatoms. The fourth-order valence-corrected chi connectivity index (χ4v) is 4.05. The van der Waals surface area contributed by atoms with Crippen molar-refractivity contribution in [2.45, 2.75) is 16.0 Å². The van der Waals surface area contributed by atoms with Crippen LogP contribution in [0.3, 0.4) is 0 Å². The summed E-state index contributed by atoms with van der Waals surface area (Å²) >= 11 is 0. The number of rotatable bonds is 3. The minimum Gasteiger partial charge on any atom is -0.359 e. The second kappa shape index (κ2) is 6.17. The van der Waals surface area contributed by atoms with Crippen LogP contribution >= 0.6 is 0 Å². The third-order valence-electron chi connectivity index (χ3n) is 3.93. The van der Waals surface area contributed by atoms with E-state index in [1.54, 1.807) is 0 Å². The van der Waals surface area contributed by atoms with Gasteiger partial charge in [0.25, 0.3) is 5.91 Å². The Morgan fingerprint density at radius 3 is 2.31 bits per heavy atom. The first-order chi connectivity index (χ1) is 12.2. The number of H-pyrrole nitrogens is 1. The molecular formula is C17H13F3N2O3S. The predicted octanol–water partition coefficient (Wildman–Crippen LogP) is 3.38. The first-order valence-corrected chi connectivity index (χ1v) is 8.89. The highest BCUT2D eigenvalue weighted by atomic mass is 32.2. The maximum absolute atomic E-state index is 12.8. The van der Waals surface area contributed by atoms with Gasteiger partial charge >= 0.3 is 6.18 Å². The van der Waals surface area contributed by atoms with Crippen molar-refractivity contribution in [2.24, 2.45) is 0 Å². The summed E-state index contributed by atoms with van der Waals surface area (Å²) < 4.78 is 63.6. The molecule has 0 spiro atoms. The number of hydrogen-bond acceptors (Lipinski definition) is 3. The molecule has 0 aliphatic rings. The van der Waals surface area contributed by atoms with Gasteiger partial charge in [-0.25, -0.2) is 8.42 Å². The van der Waals surface area contributed by atoms with Gasteiger partial charge in [-0.1, -0.05) is 12.1 Å². The summed E-state index contributed by atoms with van der Waals surface area (Å²) in [6, 6.07) is 7.86. The van der Waals surface area contributed by atoms with Crippen LogP contribution in [0.15, 0.2) is 58.5 Å². The Balaban J connectivity index is 2.12. The zero-order valence-electron chi connectivity index (χ0n) is 13.4. The summed E-state index contributed by atoms with van der Waals surface area (Å²) in [6.07, 6.45) is -3.32. The van der Waals surface area contributed by atoms with Crippen molar-refractivity contribution >= 4 is 26.6 Å². The van der Waals surface area contributed by atoms with Crippen molar-refractivity contribution in [1.29, 1.82) is 0 Å². The molecule has 0 saturated carbocycles. The molecule has 0 aliphatic carbocycles. The molecule has 1 amide bonds. The van der Waals surface area contributed by atoms with Crippen LogP contribution in [0.1, 0.15) is 15.9 Å². The number of para-hydroxylation sites is 1. The summed E-state index contributed by atoms with van der Waals surface area (Å²) in [5, 5.41) is 2.74. The average molecular weight is 382 g/mol. The Kier molecular flexibility index (Phi) is 4.27. The van der Waals surface area contributed by atoms with E-state index in [1.165, 1.54) is 31.4 Å². The zero-order valence-corrected chi connectivity index (χ0v) is 14.2. The lowest BCUT2D eigenvalue weighted by atomic mass is 10.1. The van der Waals surface area contributed by atoms with Gasteiger partial charge in [-0.3, -0.25) is 4.79 Å². The Morgan fingerprint density at radius 1 is 1.08 bits per heavy atom. The van der Waals surface area contributed by atoms with E-state index in [9.17, 15) is 26.4 Å². The Bertz CT molecular complexity index is 1080. The third kappa shape index (κ3) is 2.94. The van der Waals surface area contributed by atoms with Gasteiger partial charge in [-0.05, 0) is 30.3 Å². The second-order valence-corrected chi connectivity index (χ2v) is 7.40. The van der Waals surface area contributed by atoms with Crippen LogP contribution in [0.4, 0.5) is 13.2 Å². The van der Waals surface area contributed by atoms with Gasteiger partial charge in [0.2, 0.25) is 9.84 Å². The third-order valence-corrected chi connectivity index (χ3v) is 5.74. The van der Waals surface area contributed by atoms with Gasteiger partial charge in [0.15, 0.2) is 0 Å². The highest BCUT2D eigenvalue weighted by molar-refractivity contribution is 7.91. The number of halogens is 3. The van der Waals surface area contributed by atoms with Crippen molar-refractivity contribution in [3.63, 3.8) is 0 Å². The number of carbonyl (C=O) groups excluding carboxylic acids is 1. The number of aromatic amines is 1. The molecule has 0 unspecified atom stereocenters. The van der Waals surface area contributed by atoms with Crippen LogP contribution in [0.2, 0.25) is 0 Å². The van der Waals surface area contributed by atoms with Crippen LogP contribution in [0.25, 0.3) is 10.9 Å². The molecule has 0 radical (unpaired) electrons.